The number of esters is 1. The monoisotopic (exact) mass is 369 g/mol. The number of carbonyl (C=O) groups excluding carboxylic acids is 3. The first kappa shape index (κ1) is 18.9. The molecule has 136 valence electrons. The Morgan fingerprint density at radius 3 is 2.24 bits per heavy atom. The lowest BCUT2D eigenvalue weighted by Crippen LogP contribution is -2.42. The molecule has 1 aliphatic heterocycles. The van der Waals surface area contributed by atoms with Gasteiger partial charge in [0.15, 0.2) is 6.10 Å². The standard InChI is InChI=1S/C15H19N3O6S/c1-10(13(19)17-15(16)21)24-14(20)11-4-6-12(7-5-11)25(22,23)18-8-2-3-9-18/h4-7,10H,2-3,8-9H2,1H3,(H3,16,17,19,21)/t10-/m0/s1. The number of nitrogens with zero attached hydrogens (tertiary/aromatic N) is 1. The zero-order valence-corrected chi connectivity index (χ0v) is 14.4. The Bertz CT molecular complexity index is 769. The lowest BCUT2D eigenvalue weighted by Gasteiger charge is -2.16. The minimum Gasteiger partial charge on any atom is -0.449 e. The molecule has 3 N–H and O–H groups in total. The average molecular weight is 369 g/mol. The molecule has 1 aromatic rings. The van der Waals surface area contributed by atoms with Gasteiger partial charge < -0.3 is 10.5 Å². The number of rotatable bonds is 5. The van der Waals surface area contributed by atoms with Gasteiger partial charge in [-0.2, -0.15) is 4.31 Å². The summed E-state index contributed by atoms with van der Waals surface area (Å²) >= 11 is 0. The number of ether oxygens (including phenoxy) is 1. The summed E-state index contributed by atoms with van der Waals surface area (Å²) in [5.74, 6) is -1.67. The average Bonchev–Trinajstić information content (AvgIpc) is 3.09. The minimum absolute atomic E-state index is 0.0825. The molecule has 2 rings (SSSR count). The number of nitrogens with two attached hydrogens (primary N) is 1. The molecule has 0 spiro atoms. The van der Waals surface area contributed by atoms with E-state index in [2.05, 4.69) is 0 Å². The lowest BCUT2D eigenvalue weighted by atomic mass is 10.2. The van der Waals surface area contributed by atoms with Gasteiger partial charge >= 0.3 is 12.0 Å². The molecule has 3 amide bonds. The van der Waals surface area contributed by atoms with E-state index in [0.29, 0.717) is 13.1 Å². The Kier molecular flexibility index (Phi) is 5.75. The Hall–Kier alpha value is -2.46. The van der Waals surface area contributed by atoms with Crippen LogP contribution in [0.4, 0.5) is 4.79 Å². The number of hydrogen-bond donors (Lipinski definition) is 2. The third kappa shape index (κ3) is 4.54. The molecule has 1 heterocycles. The van der Waals surface area contributed by atoms with Gasteiger partial charge in [-0.3, -0.25) is 10.1 Å². The summed E-state index contributed by atoms with van der Waals surface area (Å²) in [5.41, 5.74) is 4.89. The summed E-state index contributed by atoms with van der Waals surface area (Å²) in [5, 5.41) is 1.80. The molecule has 0 bridgehead atoms. The molecule has 9 nitrogen and oxygen atoms in total. The largest absolute Gasteiger partial charge is 0.449 e. The third-order valence-electron chi connectivity index (χ3n) is 3.69. The molecule has 10 heteroatoms. The van der Waals surface area contributed by atoms with Crippen molar-refractivity contribution in [3.05, 3.63) is 29.8 Å². The quantitative estimate of drug-likeness (QED) is 0.712. The van der Waals surface area contributed by atoms with Crippen molar-refractivity contribution >= 4 is 27.9 Å². The van der Waals surface area contributed by atoms with E-state index in [1.54, 1.807) is 5.32 Å². The highest BCUT2D eigenvalue weighted by Crippen LogP contribution is 2.21. The fraction of sp³-hybridized carbons (Fsp3) is 0.400. The van der Waals surface area contributed by atoms with Crippen LogP contribution >= 0.6 is 0 Å². The highest BCUT2D eigenvalue weighted by molar-refractivity contribution is 7.89. The normalized spacial score (nSPS) is 16.2. The molecular weight excluding hydrogens is 350 g/mol. The molecule has 1 saturated heterocycles. The summed E-state index contributed by atoms with van der Waals surface area (Å²) in [4.78, 5) is 34.2. The molecule has 1 atom stereocenters. The van der Waals surface area contributed by atoms with E-state index in [1.807, 2.05) is 0 Å². The zero-order valence-electron chi connectivity index (χ0n) is 13.6. The predicted octanol–water partition coefficient (Wildman–Crippen LogP) is 0.211. The molecule has 0 unspecified atom stereocenters. The van der Waals surface area contributed by atoms with Crippen LogP contribution < -0.4 is 11.1 Å². The second kappa shape index (κ2) is 7.62. The van der Waals surface area contributed by atoms with Crippen molar-refractivity contribution in [3.63, 3.8) is 0 Å². The fourth-order valence-electron chi connectivity index (χ4n) is 2.35. The first-order valence-corrected chi connectivity index (χ1v) is 9.07. The second-order valence-corrected chi connectivity index (χ2v) is 7.47. The molecule has 0 aromatic heterocycles. The van der Waals surface area contributed by atoms with E-state index < -0.39 is 34.0 Å². The summed E-state index contributed by atoms with van der Waals surface area (Å²) < 4.78 is 31.1. The number of amides is 3. The van der Waals surface area contributed by atoms with Gasteiger partial charge in [0.1, 0.15) is 0 Å². The lowest BCUT2D eigenvalue weighted by molar-refractivity contribution is -0.127. The van der Waals surface area contributed by atoms with E-state index in [4.69, 9.17) is 10.5 Å². The van der Waals surface area contributed by atoms with Crippen LogP contribution in [-0.4, -0.2) is 49.8 Å². The maximum absolute atomic E-state index is 12.4. The van der Waals surface area contributed by atoms with E-state index in [9.17, 15) is 22.8 Å². The highest BCUT2D eigenvalue weighted by Gasteiger charge is 2.27. The van der Waals surface area contributed by atoms with Crippen LogP contribution in [0.25, 0.3) is 0 Å². The third-order valence-corrected chi connectivity index (χ3v) is 5.61. The molecule has 0 aliphatic carbocycles. The molecular formula is C15H19N3O6S. The van der Waals surface area contributed by atoms with Crippen LogP contribution in [0.2, 0.25) is 0 Å². The number of benzene rings is 1. The van der Waals surface area contributed by atoms with Crippen molar-refractivity contribution in [1.82, 2.24) is 9.62 Å². The van der Waals surface area contributed by atoms with Crippen LogP contribution in [-0.2, 0) is 19.6 Å². The minimum atomic E-state index is -3.57. The first-order valence-electron chi connectivity index (χ1n) is 7.63. The van der Waals surface area contributed by atoms with Crippen LogP contribution in [0.1, 0.15) is 30.1 Å². The Morgan fingerprint density at radius 1 is 1.16 bits per heavy atom. The Morgan fingerprint density at radius 2 is 1.72 bits per heavy atom. The molecule has 0 radical (unpaired) electrons. The molecule has 25 heavy (non-hydrogen) atoms. The van der Waals surface area contributed by atoms with Crippen LogP contribution in [0.15, 0.2) is 29.2 Å². The Labute approximate surface area is 145 Å². The van der Waals surface area contributed by atoms with Crippen molar-refractivity contribution in [2.24, 2.45) is 5.73 Å². The van der Waals surface area contributed by atoms with Gasteiger partial charge in [-0.05, 0) is 44.0 Å². The summed E-state index contributed by atoms with van der Waals surface area (Å²) in [6.45, 7) is 2.25. The van der Waals surface area contributed by atoms with Crippen molar-refractivity contribution in [3.8, 4) is 0 Å². The second-order valence-electron chi connectivity index (χ2n) is 5.54. The summed E-state index contributed by atoms with van der Waals surface area (Å²) in [6, 6.07) is 4.20. The van der Waals surface area contributed by atoms with Crippen molar-refractivity contribution in [1.29, 1.82) is 0 Å². The maximum Gasteiger partial charge on any atom is 0.338 e. The predicted molar refractivity (Wildman–Crippen MR) is 87.0 cm³/mol. The van der Waals surface area contributed by atoms with E-state index in [0.717, 1.165) is 12.8 Å². The molecule has 0 saturated carbocycles. The molecule has 1 aliphatic rings. The number of carbonyl (C=O) groups is 3. The fourth-order valence-corrected chi connectivity index (χ4v) is 3.86. The SMILES string of the molecule is C[C@H](OC(=O)c1ccc(S(=O)(=O)N2CCCC2)cc1)C(=O)NC(N)=O. The van der Waals surface area contributed by atoms with Gasteiger partial charge in [0.2, 0.25) is 10.0 Å². The summed E-state index contributed by atoms with van der Waals surface area (Å²) in [6.07, 6.45) is 0.428. The number of urea groups is 1. The van der Waals surface area contributed by atoms with Gasteiger partial charge in [-0.15, -0.1) is 0 Å². The number of primary amides is 1. The van der Waals surface area contributed by atoms with Crippen LogP contribution in [0.5, 0.6) is 0 Å². The highest BCUT2D eigenvalue weighted by atomic mass is 32.2. The van der Waals surface area contributed by atoms with Gasteiger partial charge in [0.25, 0.3) is 5.91 Å². The number of hydrogen-bond acceptors (Lipinski definition) is 6. The van der Waals surface area contributed by atoms with Gasteiger partial charge in [-0.1, -0.05) is 0 Å². The summed E-state index contributed by atoms with van der Waals surface area (Å²) in [7, 11) is -3.57. The van der Waals surface area contributed by atoms with Crippen LogP contribution in [0.3, 0.4) is 0 Å². The number of imide groups is 1. The molecule has 1 fully saturated rings. The zero-order chi connectivity index (χ0) is 18.6. The van der Waals surface area contributed by atoms with Gasteiger partial charge in [0, 0.05) is 13.1 Å². The van der Waals surface area contributed by atoms with Crippen LogP contribution in [0, 0.1) is 0 Å². The van der Waals surface area contributed by atoms with Crippen molar-refractivity contribution in [2.45, 2.75) is 30.8 Å². The molecule has 1 aromatic carbocycles. The maximum atomic E-state index is 12.4. The topological polar surface area (TPSA) is 136 Å². The first-order chi connectivity index (χ1) is 11.7. The van der Waals surface area contributed by atoms with E-state index >= 15 is 0 Å². The van der Waals surface area contributed by atoms with Crippen molar-refractivity contribution in [2.75, 3.05) is 13.1 Å². The Balaban J connectivity index is 2.05. The van der Waals surface area contributed by atoms with E-state index in [-0.39, 0.29) is 10.5 Å². The smallest absolute Gasteiger partial charge is 0.338 e. The van der Waals surface area contributed by atoms with Gasteiger partial charge in [0.05, 0.1) is 10.5 Å². The van der Waals surface area contributed by atoms with E-state index in [1.165, 1.54) is 35.5 Å². The number of sulfonamides is 1. The van der Waals surface area contributed by atoms with Gasteiger partial charge in [-0.25, -0.2) is 18.0 Å². The van der Waals surface area contributed by atoms with Crippen molar-refractivity contribution < 1.29 is 27.5 Å². The number of nitrogens with one attached hydrogen (secondary N) is 1.